The molecule has 0 saturated heterocycles. The number of carbonyl (C=O) groups excluding carboxylic acids is 1. The zero-order valence-electron chi connectivity index (χ0n) is 15.7. The number of thiophene rings is 1. The molecule has 160 valence electrons. The molecule has 0 bridgehead atoms. The van der Waals surface area contributed by atoms with Gasteiger partial charge in [0.1, 0.15) is 22.0 Å². The van der Waals surface area contributed by atoms with E-state index in [2.05, 4.69) is 31.7 Å². The number of aromatic nitrogens is 3. The Kier molecular flexibility index (Phi) is 7.42. The van der Waals surface area contributed by atoms with E-state index in [0.717, 1.165) is 0 Å². The van der Waals surface area contributed by atoms with Crippen molar-refractivity contribution in [2.24, 2.45) is 0 Å². The molecule has 2 N–H and O–H groups in total. The van der Waals surface area contributed by atoms with Crippen molar-refractivity contribution in [3.63, 3.8) is 0 Å². The molecule has 0 spiro atoms. The molecule has 0 saturated carbocycles. The minimum atomic E-state index is -2.91. The third-order valence-electron chi connectivity index (χ3n) is 3.85. The Morgan fingerprint density at radius 2 is 2.20 bits per heavy atom. The molecule has 1 amide bonds. The average Bonchev–Trinajstić information content (AvgIpc) is 3.34. The quantitative estimate of drug-likeness (QED) is 0.227. The number of hydroxylamine groups is 1. The molecule has 3 aromatic rings. The van der Waals surface area contributed by atoms with Gasteiger partial charge in [-0.3, -0.25) is 13.9 Å². The van der Waals surface area contributed by atoms with Gasteiger partial charge < -0.3 is 5.11 Å². The van der Waals surface area contributed by atoms with Crippen LogP contribution in [0.2, 0.25) is 0 Å². The number of thiol groups is 1. The molecule has 0 aliphatic rings. The monoisotopic (exact) mass is 515 g/mol. The first-order chi connectivity index (χ1) is 14.4. The SMILES string of the molecule is CCCONC(=O)c1c(O)cccc1-n1cc(CN(c2sccc2Br)[SH](=O)=O)nn1. The molecule has 0 aliphatic carbocycles. The fraction of sp³-hybridized carbons (Fsp3) is 0.235. The summed E-state index contributed by atoms with van der Waals surface area (Å²) in [5, 5.41) is 20.5. The van der Waals surface area contributed by atoms with Crippen LogP contribution in [-0.2, 0) is 22.3 Å². The second-order valence-corrected chi connectivity index (χ2v) is 8.68. The van der Waals surface area contributed by atoms with E-state index >= 15 is 0 Å². The summed E-state index contributed by atoms with van der Waals surface area (Å²) < 4.78 is 26.6. The summed E-state index contributed by atoms with van der Waals surface area (Å²) >= 11 is 4.59. The van der Waals surface area contributed by atoms with Gasteiger partial charge in [0.05, 0.1) is 29.5 Å². The Morgan fingerprint density at radius 1 is 1.40 bits per heavy atom. The highest BCUT2D eigenvalue weighted by atomic mass is 79.9. The van der Waals surface area contributed by atoms with Crippen molar-refractivity contribution in [1.82, 2.24) is 20.5 Å². The summed E-state index contributed by atoms with van der Waals surface area (Å²) in [6.07, 6.45) is 2.20. The molecular weight excluding hydrogens is 498 g/mol. The van der Waals surface area contributed by atoms with Gasteiger partial charge in [0.25, 0.3) is 5.91 Å². The number of benzene rings is 1. The number of phenols is 1. The second-order valence-electron chi connectivity index (χ2n) is 5.97. The van der Waals surface area contributed by atoms with E-state index in [4.69, 9.17) is 4.84 Å². The summed E-state index contributed by atoms with van der Waals surface area (Å²) in [7, 11) is -2.91. The minimum Gasteiger partial charge on any atom is -0.507 e. The molecule has 13 heteroatoms. The van der Waals surface area contributed by atoms with Gasteiger partial charge in [-0.2, -0.15) is 0 Å². The zero-order valence-corrected chi connectivity index (χ0v) is 19.0. The van der Waals surface area contributed by atoms with Crippen LogP contribution in [0.5, 0.6) is 5.75 Å². The lowest BCUT2D eigenvalue weighted by molar-refractivity contribution is 0.0313. The normalized spacial score (nSPS) is 11.0. The summed E-state index contributed by atoms with van der Waals surface area (Å²) in [6, 6.07) is 6.25. The molecule has 0 atom stereocenters. The van der Waals surface area contributed by atoms with Crippen molar-refractivity contribution in [3.8, 4) is 11.4 Å². The largest absolute Gasteiger partial charge is 0.507 e. The van der Waals surface area contributed by atoms with Gasteiger partial charge in [0, 0.05) is 0 Å². The van der Waals surface area contributed by atoms with Crippen LogP contribution in [-0.4, -0.2) is 41.0 Å². The lowest BCUT2D eigenvalue weighted by atomic mass is 10.1. The summed E-state index contributed by atoms with van der Waals surface area (Å²) in [5.41, 5.74) is 2.85. The highest BCUT2D eigenvalue weighted by Crippen LogP contribution is 2.33. The van der Waals surface area contributed by atoms with Crippen molar-refractivity contribution in [2.75, 3.05) is 10.9 Å². The predicted octanol–water partition coefficient (Wildman–Crippen LogP) is 2.40. The van der Waals surface area contributed by atoms with E-state index in [0.29, 0.717) is 28.2 Å². The van der Waals surface area contributed by atoms with E-state index < -0.39 is 16.8 Å². The highest BCUT2D eigenvalue weighted by molar-refractivity contribution is 9.10. The molecule has 0 aliphatic heterocycles. The van der Waals surface area contributed by atoms with Gasteiger partial charge in [-0.1, -0.05) is 18.2 Å². The van der Waals surface area contributed by atoms with Gasteiger partial charge in [-0.15, -0.1) is 16.4 Å². The van der Waals surface area contributed by atoms with E-state index in [1.54, 1.807) is 23.6 Å². The Labute approximate surface area is 186 Å². The number of rotatable bonds is 9. The van der Waals surface area contributed by atoms with E-state index in [1.165, 1.54) is 32.6 Å². The summed E-state index contributed by atoms with van der Waals surface area (Å²) in [5.74, 6) is -0.894. The standard InChI is InChI=1S/C17H18BrN5O5S2/c1-2-7-28-20-16(25)15-13(4-3-5-14(15)24)22-9-11(19-21-22)10-23(30(26)27)17-12(18)6-8-29-17/h3-6,8-9,24,30H,2,7,10H2,1H3,(H,20,25). The van der Waals surface area contributed by atoms with Gasteiger partial charge in [-0.05, 0) is 45.9 Å². The van der Waals surface area contributed by atoms with Gasteiger partial charge >= 0.3 is 0 Å². The Balaban J connectivity index is 1.88. The van der Waals surface area contributed by atoms with Crippen molar-refractivity contribution in [3.05, 3.63) is 51.6 Å². The van der Waals surface area contributed by atoms with Crippen LogP contribution in [0.15, 0.2) is 40.3 Å². The number of hydrogen-bond donors (Lipinski definition) is 3. The van der Waals surface area contributed by atoms with Crippen LogP contribution >= 0.6 is 27.3 Å². The molecule has 3 rings (SSSR count). The van der Waals surface area contributed by atoms with Crippen LogP contribution < -0.4 is 9.79 Å². The smallest absolute Gasteiger partial charge is 0.280 e. The maximum Gasteiger partial charge on any atom is 0.280 e. The number of aromatic hydroxyl groups is 1. The first-order valence-corrected chi connectivity index (χ1v) is 11.5. The third kappa shape index (κ3) is 4.98. The van der Waals surface area contributed by atoms with Gasteiger partial charge in [0.15, 0.2) is 0 Å². The molecule has 0 unspecified atom stereocenters. The van der Waals surface area contributed by atoms with Crippen molar-refractivity contribution < 1.29 is 23.2 Å². The highest BCUT2D eigenvalue weighted by Gasteiger charge is 2.21. The maximum absolute atomic E-state index is 12.5. The number of amides is 1. The van der Waals surface area contributed by atoms with Gasteiger partial charge in [0.2, 0.25) is 10.9 Å². The Bertz CT molecular complexity index is 1110. The minimum absolute atomic E-state index is 0.0437. The third-order valence-corrected chi connectivity index (χ3v) is 6.56. The summed E-state index contributed by atoms with van der Waals surface area (Å²) in [6.45, 7) is 2.17. The first-order valence-electron chi connectivity index (χ1n) is 8.73. The fourth-order valence-electron chi connectivity index (χ4n) is 2.54. The summed E-state index contributed by atoms with van der Waals surface area (Å²) in [4.78, 5) is 17.5. The van der Waals surface area contributed by atoms with Crippen LogP contribution in [0.1, 0.15) is 29.4 Å². The molecule has 2 aromatic heterocycles. The fourth-order valence-corrected chi connectivity index (χ4v) is 5.03. The Hall–Kier alpha value is -2.48. The van der Waals surface area contributed by atoms with Gasteiger partial charge in [-0.25, -0.2) is 18.6 Å². The molecule has 0 fully saturated rings. The maximum atomic E-state index is 12.5. The molecule has 0 radical (unpaired) electrons. The number of phenolic OH excluding ortho intramolecular Hbond substituents is 1. The Morgan fingerprint density at radius 3 is 2.87 bits per heavy atom. The van der Waals surface area contributed by atoms with E-state index in [9.17, 15) is 18.3 Å². The van der Waals surface area contributed by atoms with Crippen molar-refractivity contribution >= 4 is 49.1 Å². The number of nitrogens with one attached hydrogen (secondary N) is 1. The lowest BCUT2D eigenvalue weighted by Gasteiger charge is -2.14. The molecule has 2 heterocycles. The topological polar surface area (TPSA) is 127 Å². The van der Waals surface area contributed by atoms with Crippen LogP contribution in [0.4, 0.5) is 5.00 Å². The van der Waals surface area contributed by atoms with E-state index in [-0.39, 0.29) is 23.5 Å². The van der Waals surface area contributed by atoms with Crippen molar-refractivity contribution in [2.45, 2.75) is 19.9 Å². The lowest BCUT2D eigenvalue weighted by Crippen LogP contribution is -2.25. The zero-order chi connectivity index (χ0) is 21.7. The molecular formula is C17H18BrN5O5S2. The van der Waals surface area contributed by atoms with E-state index in [1.807, 2.05) is 6.92 Å². The van der Waals surface area contributed by atoms with Crippen LogP contribution in [0.25, 0.3) is 5.69 Å². The first kappa shape index (κ1) is 22.2. The van der Waals surface area contributed by atoms with Crippen LogP contribution in [0, 0.1) is 0 Å². The predicted molar refractivity (Wildman–Crippen MR) is 115 cm³/mol. The number of anilines is 1. The number of hydrogen-bond acceptors (Lipinski definition) is 8. The molecule has 1 aromatic carbocycles. The molecule has 30 heavy (non-hydrogen) atoms. The van der Waals surface area contributed by atoms with Crippen LogP contribution in [0.3, 0.4) is 0 Å². The number of nitrogens with zero attached hydrogens (tertiary/aromatic N) is 4. The second kappa shape index (κ2) is 10.0. The molecule has 10 nitrogen and oxygen atoms in total. The number of carbonyl (C=O) groups is 1. The average molecular weight is 516 g/mol. The van der Waals surface area contributed by atoms with Crippen molar-refractivity contribution in [1.29, 1.82) is 0 Å². The number of halogens is 1.